The minimum Gasteiger partial charge on any atom is -0.387 e. The van der Waals surface area contributed by atoms with Gasteiger partial charge in [0.2, 0.25) is 10.0 Å². The summed E-state index contributed by atoms with van der Waals surface area (Å²) in [5, 5.41) is 16.7. The van der Waals surface area contributed by atoms with Crippen molar-refractivity contribution in [2.24, 2.45) is 0 Å². The molecule has 0 fully saturated rings. The van der Waals surface area contributed by atoms with Crippen LogP contribution in [0.25, 0.3) is 0 Å². The maximum absolute atomic E-state index is 11.9. The molecule has 0 aliphatic carbocycles. The molecule has 0 bridgehead atoms. The smallest absolute Gasteiger partial charge is 0.242 e. The van der Waals surface area contributed by atoms with Gasteiger partial charge in [0.15, 0.2) is 0 Å². The highest BCUT2D eigenvalue weighted by molar-refractivity contribution is 7.89. The van der Waals surface area contributed by atoms with Crippen molar-refractivity contribution in [3.63, 3.8) is 0 Å². The van der Waals surface area contributed by atoms with Crippen molar-refractivity contribution in [3.05, 3.63) is 46.7 Å². The molecule has 1 aromatic heterocycles. The molecule has 7 heteroatoms. The van der Waals surface area contributed by atoms with Crippen molar-refractivity contribution in [3.8, 4) is 0 Å². The first kappa shape index (κ1) is 15.0. The van der Waals surface area contributed by atoms with Crippen LogP contribution in [0.4, 0.5) is 5.69 Å². The van der Waals surface area contributed by atoms with Crippen LogP contribution in [0.1, 0.15) is 11.7 Å². The lowest BCUT2D eigenvalue weighted by atomic mass is 10.2. The number of hydrogen-bond donors (Lipinski definition) is 3. The molecule has 0 amide bonds. The predicted molar refractivity (Wildman–Crippen MR) is 80.5 cm³/mol. The topological polar surface area (TPSA) is 78.4 Å². The Kier molecular flexibility index (Phi) is 4.77. The van der Waals surface area contributed by atoms with Crippen LogP contribution in [0, 0.1) is 0 Å². The molecule has 1 unspecified atom stereocenters. The Morgan fingerprint density at radius 1 is 1.30 bits per heavy atom. The van der Waals surface area contributed by atoms with E-state index in [4.69, 9.17) is 0 Å². The van der Waals surface area contributed by atoms with E-state index in [0.29, 0.717) is 5.69 Å². The SMILES string of the molecule is CNS(=O)(=O)c1ccccc1NCC(O)c1ccsc1. The fourth-order valence-electron chi connectivity index (χ4n) is 1.75. The molecule has 1 aromatic carbocycles. The molecule has 0 spiro atoms. The molecule has 0 radical (unpaired) electrons. The molecule has 5 nitrogen and oxygen atoms in total. The number of aliphatic hydroxyl groups is 1. The summed E-state index contributed by atoms with van der Waals surface area (Å²) in [4.78, 5) is 0.167. The number of para-hydroxylation sites is 1. The number of sulfonamides is 1. The van der Waals surface area contributed by atoms with Crippen molar-refractivity contribution in [2.45, 2.75) is 11.0 Å². The minimum absolute atomic E-state index is 0.167. The number of nitrogens with one attached hydrogen (secondary N) is 2. The van der Waals surface area contributed by atoms with Gasteiger partial charge in [-0.05, 0) is 41.6 Å². The number of hydrogen-bond acceptors (Lipinski definition) is 5. The van der Waals surface area contributed by atoms with Gasteiger partial charge in [0.05, 0.1) is 11.8 Å². The lowest BCUT2D eigenvalue weighted by Crippen LogP contribution is -2.21. The third-order valence-corrected chi connectivity index (χ3v) is 5.03. The van der Waals surface area contributed by atoms with Gasteiger partial charge in [0.25, 0.3) is 0 Å². The lowest BCUT2D eigenvalue weighted by Gasteiger charge is -2.14. The largest absolute Gasteiger partial charge is 0.387 e. The van der Waals surface area contributed by atoms with Crippen molar-refractivity contribution in [2.75, 3.05) is 18.9 Å². The van der Waals surface area contributed by atoms with Crippen molar-refractivity contribution >= 4 is 27.0 Å². The average molecular weight is 312 g/mol. The molecule has 0 saturated heterocycles. The summed E-state index contributed by atoms with van der Waals surface area (Å²) < 4.78 is 26.1. The monoisotopic (exact) mass is 312 g/mol. The van der Waals surface area contributed by atoms with E-state index < -0.39 is 16.1 Å². The second kappa shape index (κ2) is 6.36. The summed E-state index contributed by atoms with van der Waals surface area (Å²) in [5.74, 6) is 0. The van der Waals surface area contributed by atoms with Gasteiger partial charge in [-0.15, -0.1) is 0 Å². The summed E-state index contributed by atoms with van der Waals surface area (Å²) >= 11 is 1.51. The van der Waals surface area contributed by atoms with E-state index in [2.05, 4.69) is 10.0 Å². The summed E-state index contributed by atoms with van der Waals surface area (Å²) in [6.45, 7) is 0.243. The van der Waals surface area contributed by atoms with Crippen LogP contribution < -0.4 is 10.0 Å². The van der Waals surface area contributed by atoms with E-state index >= 15 is 0 Å². The highest BCUT2D eigenvalue weighted by atomic mass is 32.2. The predicted octanol–water partition coefficient (Wildman–Crippen LogP) is 1.80. The molecule has 20 heavy (non-hydrogen) atoms. The highest BCUT2D eigenvalue weighted by Gasteiger charge is 2.16. The Bertz CT molecular complexity index is 654. The number of benzene rings is 1. The van der Waals surface area contributed by atoms with Crippen LogP contribution in [0.3, 0.4) is 0 Å². The second-order valence-corrected chi connectivity index (χ2v) is 6.79. The van der Waals surface area contributed by atoms with Gasteiger partial charge in [-0.2, -0.15) is 11.3 Å². The van der Waals surface area contributed by atoms with Crippen LogP contribution in [0.2, 0.25) is 0 Å². The van der Waals surface area contributed by atoms with E-state index in [1.54, 1.807) is 18.2 Å². The summed E-state index contributed by atoms with van der Waals surface area (Å²) in [6, 6.07) is 8.43. The van der Waals surface area contributed by atoms with Crippen molar-refractivity contribution in [1.82, 2.24) is 4.72 Å². The standard InChI is InChI=1S/C13H16N2O3S2/c1-14-20(17,18)13-5-3-2-4-11(13)15-8-12(16)10-6-7-19-9-10/h2-7,9,12,14-16H,8H2,1H3. The minimum atomic E-state index is -3.52. The molecule has 0 saturated carbocycles. The third-order valence-electron chi connectivity index (χ3n) is 2.86. The molecule has 2 rings (SSSR count). The zero-order valence-electron chi connectivity index (χ0n) is 10.9. The van der Waals surface area contributed by atoms with Crippen molar-refractivity contribution in [1.29, 1.82) is 0 Å². The van der Waals surface area contributed by atoms with E-state index in [1.807, 2.05) is 16.8 Å². The lowest BCUT2D eigenvalue weighted by molar-refractivity contribution is 0.192. The number of aliphatic hydroxyl groups excluding tert-OH is 1. The van der Waals surface area contributed by atoms with Gasteiger partial charge in [-0.1, -0.05) is 12.1 Å². The summed E-state index contributed by atoms with van der Waals surface area (Å²) in [6.07, 6.45) is -0.674. The molecular formula is C13H16N2O3S2. The maximum Gasteiger partial charge on any atom is 0.242 e. The van der Waals surface area contributed by atoms with Gasteiger partial charge < -0.3 is 10.4 Å². The normalized spacial score (nSPS) is 13.1. The highest BCUT2D eigenvalue weighted by Crippen LogP contribution is 2.22. The van der Waals surface area contributed by atoms with Crippen LogP contribution in [0.5, 0.6) is 0 Å². The first-order valence-corrected chi connectivity index (χ1v) is 8.44. The fourth-order valence-corrected chi connectivity index (χ4v) is 3.36. The van der Waals surface area contributed by atoms with E-state index in [-0.39, 0.29) is 11.4 Å². The Balaban J connectivity index is 2.14. The molecule has 3 N–H and O–H groups in total. The maximum atomic E-state index is 11.9. The molecule has 2 aromatic rings. The van der Waals surface area contributed by atoms with Crippen LogP contribution in [0.15, 0.2) is 46.0 Å². The molecular weight excluding hydrogens is 296 g/mol. The van der Waals surface area contributed by atoms with Gasteiger partial charge in [0, 0.05) is 6.54 Å². The van der Waals surface area contributed by atoms with Crippen LogP contribution in [-0.4, -0.2) is 27.1 Å². The van der Waals surface area contributed by atoms with E-state index in [1.165, 1.54) is 24.5 Å². The molecule has 1 atom stereocenters. The fraction of sp³-hybridized carbons (Fsp3) is 0.231. The van der Waals surface area contributed by atoms with Crippen LogP contribution in [-0.2, 0) is 10.0 Å². The zero-order chi connectivity index (χ0) is 14.6. The van der Waals surface area contributed by atoms with Gasteiger partial charge in [0.1, 0.15) is 4.90 Å². The Hall–Kier alpha value is -1.41. The Labute approximate surface area is 122 Å². The Morgan fingerprint density at radius 2 is 2.05 bits per heavy atom. The quantitative estimate of drug-likeness (QED) is 0.760. The number of anilines is 1. The van der Waals surface area contributed by atoms with Gasteiger partial charge in [-0.25, -0.2) is 13.1 Å². The number of rotatable bonds is 6. The van der Waals surface area contributed by atoms with E-state index in [9.17, 15) is 13.5 Å². The van der Waals surface area contributed by atoms with Gasteiger partial charge in [-0.3, -0.25) is 0 Å². The van der Waals surface area contributed by atoms with Crippen molar-refractivity contribution < 1.29 is 13.5 Å². The van der Waals surface area contributed by atoms with Gasteiger partial charge >= 0.3 is 0 Å². The molecule has 0 aliphatic rings. The number of thiophene rings is 1. The average Bonchev–Trinajstić information content (AvgIpc) is 2.99. The first-order chi connectivity index (χ1) is 9.54. The second-order valence-electron chi connectivity index (χ2n) is 4.16. The van der Waals surface area contributed by atoms with E-state index in [0.717, 1.165) is 5.56 Å². The summed E-state index contributed by atoms with van der Waals surface area (Å²) in [7, 11) is -2.16. The first-order valence-electron chi connectivity index (χ1n) is 6.01. The summed E-state index contributed by atoms with van der Waals surface area (Å²) in [5.41, 5.74) is 1.28. The molecule has 1 heterocycles. The Morgan fingerprint density at radius 3 is 2.70 bits per heavy atom. The molecule has 0 aliphatic heterocycles. The zero-order valence-corrected chi connectivity index (χ0v) is 12.5. The molecule has 108 valence electrons. The third kappa shape index (κ3) is 3.37. The van der Waals surface area contributed by atoms with Crippen LogP contribution >= 0.6 is 11.3 Å².